The lowest BCUT2D eigenvalue weighted by molar-refractivity contribution is 0.156. The first-order chi connectivity index (χ1) is 17.1. The first-order valence-corrected chi connectivity index (χ1v) is 12.0. The van der Waals surface area contributed by atoms with E-state index in [1.807, 2.05) is 30.3 Å². The van der Waals surface area contributed by atoms with Crippen molar-refractivity contribution in [2.75, 3.05) is 28.4 Å². The molecule has 4 rings (SSSR count). The molecule has 1 aliphatic heterocycles. The smallest absolute Gasteiger partial charge is 0.203 e. The van der Waals surface area contributed by atoms with E-state index in [2.05, 4.69) is 36.1 Å². The summed E-state index contributed by atoms with van der Waals surface area (Å²) in [5.74, 6) is 3.52. The Morgan fingerprint density at radius 2 is 1.40 bits per heavy atom. The molecule has 0 fully saturated rings. The van der Waals surface area contributed by atoms with Gasteiger partial charge in [-0.1, -0.05) is 37.3 Å². The normalized spacial score (nSPS) is 15.3. The van der Waals surface area contributed by atoms with Gasteiger partial charge < -0.3 is 23.7 Å². The molecule has 0 aromatic heterocycles. The van der Waals surface area contributed by atoms with E-state index in [0.29, 0.717) is 29.9 Å². The average Bonchev–Trinajstić information content (AvgIpc) is 2.90. The van der Waals surface area contributed by atoms with Gasteiger partial charge in [0, 0.05) is 19.1 Å². The number of hydrogen-bond donors (Lipinski definition) is 0. The van der Waals surface area contributed by atoms with Crippen LogP contribution in [0.5, 0.6) is 28.7 Å². The first-order valence-electron chi connectivity index (χ1n) is 12.0. The molecular formula is C29H35NO5. The maximum Gasteiger partial charge on any atom is 0.203 e. The molecule has 6 nitrogen and oxygen atoms in total. The van der Waals surface area contributed by atoms with Crippen LogP contribution in [0.25, 0.3) is 0 Å². The van der Waals surface area contributed by atoms with Crippen LogP contribution in [0.15, 0.2) is 54.6 Å². The van der Waals surface area contributed by atoms with Gasteiger partial charge in [0.05, 0.1) is 28.4 Å². The summed E-state index contributed by atoms with van der Waals surface area (Å²) >= 11 is 0. The summed E-state index contributed by atoms with van der Waals surface area (Å²) in [6, 6.07) is 19.0. The molecule has 0 saturated carbocycles. The number of hydrogen-bond acceptors (Lipinski definition) is 6. The summed E-state index contributed by atoms with van der Waals surface area (Å²) < 4.78 is 28.5. The van der Waals surface area contributed by atoms with E-state index in [0.717, 1.165) is 48.6 Å². The minimum absolute atomic E-state index is 0.414. The quantitative estimate of drug-likeness (QED) is 0.377. The van der Waals surface area contributed by atoms with E-state index in [-0.39, 0.29) is 0 Å². The molecule has 0 amide bonds. The Morgan fingerprint density at radius 3 is 2.00 bits per heavy atom. The Kier molecular flexibility index (Phi) is 8.03. The number of benzene rings is 3. The predicted molar refractivity (Wildman–Crippen MR) is 137 cm³/mol. The van der Waals surface area contributed by atoms with Crippen molar-refractivity contribution in [2.24, 2.45) is 0 Å². The number of ether oxygens (including phenoxy) is 5. The maximum absolute atomic E-state index is 6.17. The molecule has 1 heterocycles. The number of fused-ring (bicyclic) bond motifs is 1. The maximum atomic E-state index is 6.17. The predicted octanol–water partition coefficient (Wildman–Crippen LogP) is 5.64. The molecule has 3 aromatic carbocycles. The lowest BCUT2D eigenvalue weighted by Crippen LogP contribution is -2.39. The zero-order valence-corrected chi connectivity index (χ0v) is 21.3. The van der Waals surface area contributed by atoms with Crippen molar-refractivity contribution in [2.45, 2.75) is 45.5 Å². The minimum Gasteiger partial charge on any atom is -0.493 e. The largest absolute Gasteiger partial charge is 0.493 e. The van der Waals surface area contributed by atoms with Crippen LogP contribution in [-0.4, -0.2) is 39.4 Å². The van der Waals surface area contributed by atoms with E-state index in [1.165, 1.54) is 11.1 Å². The Hall–Kier alpha value is -3.38. The Balaban J connectivity index is 1.57. The number of rotatable bonds is 10. The van der Waals surface area contributed by atoms with E-state index < -0.39 is 0 Å². The summed E-state index contributed by atoms with van der Waals surface area (Å²) in [5, 5.41) is 0. The van der Waals surface area contributed by atoms with Gasteiger partial charge in [-0.2, -0.15) is 0 Å². The Bertz CT molecular complexity index is 1110. The van der Waals surface area contributed by atoms with Gasteiger partial charge in [-0.25, -0.2) is 0 Å². The van der Waals surface area contributed by atoms with E-state index >= 15 is 0 Å². The fraction of sp³-hybridized carbons (Fsp3) is 0.379. The molecule has 1 atom stereocenters. The molecular weight excluding hydrogens is 442 g/mol. The van der Waals surface area contributed by atoms with Crippen LogP contribution in [0.4, 0.5) is 0 Å². The summed E-state index contributed by atoms with van der Waals surface area (Å²) in [7, 11) is 6.62. The van der Waals surface area contributed by atoms with Crippen molar-refractivity contribution in [1.29, 1.82) is 0 Å². The van der Waals surface area contributed by atoms with Gasteiger partial charge in [0.2, 0.25) is 5.75 Å². The third-order valence-corrected chi connectivity index (χ3v) is 6.65. The van der Waals surface area contributed by atoms with E-state index in [4.69, 9.17) is 23.7 Å². The molecule has 6 heteroatoms. The second-order valence-electron chi connectivity index (χ2n) is 8.75. The summed E-state index contributed by atoms with van der Waals surface area (Å²) in [4.78, 5) is 2.51. The van der Waals surface area contributed by atoms with Crippen LogP contribution in [0, 0.1) is 0 Å². The van der Waals surface area contributed by atoms with Crippen LogP contribution in [0.1, 0.15) is 35.6 Å². The molecule has 186 valence electrons. The molecule has 3 aromatic rings. The summed E-state index contributed by atoms with van der Waals surface area (Å²) in [6.45, 7) is 4.37. The highest BCUT2D eigenvalue weighted by Crippen LogP contribution is 2.40. The molecule has 1 aliphatic rings. The lowest BCUT2D eigenvalue weighted by atomic mass is 9.91. The third-order valence-electron chi connectivity index (χ3n) is 6.65. The number of methoxy groups -OCH3 is 4. The van der Waals surface area contributed by atoms with Gasteiger partial charge in [-0.05, 0) is 59.4 Å². The molecule has 0 aliphatic carbocycles. The second-order valence-corrected chi connectivity index (χ2v) is 8.75. The van der Waals surface area contributed by atoms with Crippen LogP contribution in [0.2, 0.25) is 0 Å². The highest BCUT2D eigenvalue weighted by atomic mass is 16.5. The van der Waals surface area contributed by atoms with Gasteiger partial charge in [0.25, 0.3) is 0 Å². The standard InChI is InChI=1S/C29H35NO5/c1-6-24-14-22-15-26(35-19-20-10-8-7-9-11-20)25(31-2)16-23(22)18-30(24)17-21-12-27(32-3)29(34-5)28(13-21)33-4/h7-13,15-16,24H,6,14,17-19H2,1-5H3. The van der Waals surface area contributed by atoms with E-state index in [1.54, 1.807) is 28.4 Å². The zero-order valence-electron chi connectivity index (χ0n) is 21.3. The number of nitrogens with zero attached hydrogens (tertiary/aromatic N) is 1. The second kappa shape index (κ2) is 11.4. The topological polar surface area (TPSA) is 49.4 Å². The Morgan fingerprint density at radius 1 is 0.743 bits per heavy atom. The van der Waals surface area contributed by atoms with Gasteiger partial charge in [0.1, 0.15) is 6.61 Å². The van der Waals surface area contributed by atoms with Crippen LogP contribution >= 0.6 is 0 Å². The van der Waals surface area contributed by atoms with Crippen molar-refractivity contribution in [1.82, 2.24) is 4.90 Å². The van der Waals surface area contributed by atoms with Gasteiger partial charge in [0.15, 0.2) is 23.0 Å². The highest BCUT2D eigenvalue weighted by molar-refractivity contribution is 5.54. The summed E-state index contributed by atoms with van der Waals surface area (Å²) in [6.07, 6.45) is 2.01. The monoisotopic (exact) mass is 477 g/mol. The van der Waals surface area contributed by atoms with Crippen LogP contribution < -0.4 is 23.7 Å². The third kappa shape index (κ3) is 5.49. The van der Waals surface area contributed by atoms with Crippen LogP contribution in [0.3, 0.4) is 0 Å². The van der Waals surface area contributed by atoms with Crippen LogP contribution in [-0.2, 0) is 26.1 Å². The molecule has 0 saturated heterocycles. The SMILES string of the molecule is CCC1Cc2cc(OCc3ccccc3)c(OC)cc2CN1Cc1cc(OC)c(OC)c(OC)c1. The first kappa shape index (κ1) is 24.7. The van der Waals surface area contributed by atoms with Crippen molar-refractivity contribution < 1.29 is 23.7 Å². The molecule has 0 bridgehead atoms. The van der Waals surface area contributed by atoms with Gasteiger partial charge >= 0.3 is 0 Å². The Labute approximate surface area is 208 Å². The highest BCUT2D eigenvalue weighted by Gasteiger charge is 2.27. The van der Waals surface area contributed by atoms with Crippen molar-refractivity contribution >= 4 is 0 Å². The van der Waals surface area contributed by atoms with E-state index in [9.17, 15) is 0 Å². The molecule has 1 unspecified atom stereocenters. The molecule has 0 spiro atoms. The molecule has 35 heavy (non-hydrogen) atoms. The zero-order chi connectivity index (χ0) is 24.8. The van der Waals surface area contributed by atoms with Crippen molar-refractivity contribution in [3.8, 4) is 28.7 Å². The lowest BCUT2D eigenvalue weighted by Gasteiger charge is -2.37. The minimum atomic E-state index is 0.414. The van der Waals surface area contributed by atoms with Gasteiger partial charge in [-0.15, -0.1) is 0 Å². The van der Waals surface area contributed by atoms with Crippen molar-refractivity contribution in [3.63, 3.8) is 0 Å². The van der Waals surface area contributed by atoms with Gasteiger partial charge in [-0.3, -0.25) is 4.90 Å². The summed E-state index contributed by atoms with van der Waals surface area (Å²) in [5.41, 5.74) is 4.85. The fourth-order valence-electron chi connectivity index (χ4n) is 4.77. The molecule has 0 radical (unpaired) electrons. The molecule has 0 N–H and O–H groups in total. The average molecular weight is 478 g/mol. The van der Waals surface area contributed by atoms with Crippen molar-refractivity contribution in [3.05, 3.63) is 76.9 Å². The fourth-order valence-corrected chi connectivity index (χ4v) is 4.77.